The Bertz CT molecular complexity index is 450. The summed E-state index contributed by atoms with van der Waals surface area (Å²) in [4.78, 5) is 21.3. The monoisotopic (exact) mass is 294 g/mol. The summed E-state index contributed by atoms with van der Waals surface area (Å²) < 4.78 is 9.62. The average Bonchev–Trinajstić information content (AvgIpc) is 2.40. The molecule has 0 aliphatic carbocycles. The summed E-state index contributed by atoms with van der Waals surface area (Å²) >= 11 is 0. The van der Waals surface area contributed by atoms with Gasteiger partial charge in [-0.25, -0.2) is 0 Å². The van der Waals surface area contributed by atoms with Gasteiger partial charge in [-0.05, 0) is 25.5 Å². The number of allylic oxidation sites excluding steroid dienone is 1. The predicted molar refractivity (Wildman–Crippen MR) is 85.6 cm³/mol. The van der Waals surface area contributed by atoms with Crippen LogP contribution >= 0.6 is 0 Å². The van der Waals surface area contributed by atoms with Crippen LogP contribution in [0, 0.1) is 0 Å². The SMILES string of the molecule is C.COC/C=C\C(C)=O.COCc1ccccc1C(C)=O. The van der Waals surface area contributed by atoms with E-state index in [0.717, 1.165) is 11.1 Å². The van der Waals surface area contributed by atoms with Gasteiger partial charge in [0, 0.05) is 19.8 Å². The number of carbonyl (C=O) groups excluding carboxylic acids is 2. The summed E-state index contributed by atoms with van der Waals surface area (Å²) in [6.07, 6.45) is 3.17. The molecular formula is C17H26O4. The zero-order valence-electron chi connectivity index (χ0n) is 12.5. The number of hydrogen-bond donors (Lipinski definition) is 0. The van der Waals surface area contributed by atoms with E-state index in [9.17, 15) is 9.59 Å². The zero-order valence-corrected chi connectivity index (χ0v) is 12.5. The number of ketones is 2. The minimum Gasteiger partial charge on any atom is -0.381 e. The fourth-order valence-corrected chi connectivity index (χ4v) is 1.46. The van der Waals surface area contributed by atoms with Crippen molar-refractivity contribution in [3.63, 3.8) is 0 Å². The predicted octanol–water partition coefficient (Wildman–Crippen LogP) is 3.45. The van der Waals surface area contributed by atoms with Gasteiger partial charge in [-0.1, -0.05) is 37.8 Å². The van der Waals surface area contributed by atoms with Gasteiger partial charge in [-0.3, -0.25) is 9.59 Å². The molecule has 1 aromatic carbocycles. The molecule has 0 aliphatic rings. The highest BCUT2D eigenvalue weighted by molar-refractivity contribution is 5.95. The number of hydrogen-bond acceptors (Lipinski definition) is 4. The third kappa shape index (κ3) is 10.6. The minimum absolute atomic E-state index is 0. The maximum atomic E-state index is 11.1. The molecule has 4 nitrogen and oxygen atoms in total. The van der Waals surface area contributed by atoms with Crippen LogP contribution in [-0.2, 0) is 20.9 Å². The van der Waals surface area contributed by atoms with Gasteiger partial charge in [0.15, 0.2) is 11.6 Å². The van der Waals surface area contributed by atoms with E-state index in [1.54, 1.807) is 27.2 Å². The Balaban J connectivity index is 0. The van der Waals surface area contributed by atoms with Gasteiger partial charge in [0.25, 0.3) is 0 Å². The van der Waals surface area contributed by atoms with Gasteiger partial charge < -0.3 is 9.47 Å². The van der Waals surface area contributed by atoms with Gasteiger partial charge in [-0.15, -0.1) is 0 Å². The van der Waals surface area contributed by atoms with Crippen molar-refractivity contribution in [2.75, 3.05) is 20.8 Å². The molecule has 0 unspecified atom stereocenters. The molecule has 1 aromatic rings. The Morgan fingerprint density at radius 3 is 2.19 bits per heavy atom. The molecule has 21 heavy (non-hydrogen) atoms. The first-order chi connectivity index (χ1) is 9.52. The first kappa shape index (κ1) is 21.5. The summed E-state index contributed by atoms with van der Waals surface area (Å²) in [5.41, 5.74) is 1.70. The third-order valence-electron chi connectivity index (χ3n) is 2.31. The summed E-state index contributed by atoms with van der Waals surface area (Å²) in [6.45, 7) is 4.08. The van der Waals surface area contributed by atoms with Gasteiger partial charge in [0.05, 0.1) is 13.2 Å². The molecule has 0 aliphatic heterocycles. The Hall–Kier alpha value is -1.78. The van der Waals surface area contributed by atoms with E-state index >= 15 is 0 Å². The van der Waals surface area contributed by atoms with Crippen LogP contribution in [0.4, 0.5) is 0 Å². The zero-order chi connectivity index (χ0) is 15.4. The Kier molecular flexibility index (Phi) is 13.5. The fraction of sp³-hybridized carbons (Fsp3) is 0.412. The van der Waals surface area contributed by atoms with Gasteiger partial charge in [0.1, 0.15) is 0 Å². The van der Waals surface area contributed by atoms with Crippen LogP contribution in [-0.4, -0.2) is 32.4 Å². The van der Waals surface area contributed by atoms with Crippen LogP contribution in [0.2, 0.25) is 0 Å². The molecule has 0 saturated heterocycles. The van der Waals surface area contributed by atoms with Crippen molar-refractivity contribution in [1.82, 2.24) is 0 Å². The van der Waals surface area contributed by atoms with Crippen molar-refractivity contribution in [3.8, 4) is 0 Å². The molecule has 1 rings (SSSR count). The van der Waals surface area contributed by atoms with Crippen molar-refractivity contribution in [3.05, 3.63) is 47.5 Å². The standard InChI is InChI=1S/C10H12O2.C6H10O2.CH4/c1-8(11)10-6-4-3-5-9(10)7-12-2;1-6(7)4-3-5-8-2;/h3-6H,7H2,1-2H3;3-4H,5H2,1-2H3;1H4/b;4-3-;. The van der Waals surface area contributed by atoms with Crippen LogP contribution in [0.5, 0.6) is 0 Å². The van der Waals surface area contributed by atoms with E-state index in [-0.39, 0.29) is 19.0 Å². The van der Waals surface area contributed by atoms with Crippen LogP contribution in [0.25, 0.3) is 0 Å². The molecule has 0 N–H and O–H groups in total. The number of benzene rings is 1. The maximum Gasteiger partial charge on any atom is 0.160 e. The molecule has 0 fully saturated rings. The van der Waals surface area contributed by atoms with Gasteiger partial charge in [0.2, 0.25) is 0 Å². The Morgan fingerprint density at radius 2 is 1.71 bits per heavy atom. The first-order valence-electron chi connectivity index (χ1n) is 6.26. The highest BCUT2D eigenvalue weighted by Gasteiger charge is 2.04. The number of methoxy groups -OCH3 is 2. The second kappa shape index (κ2) is 13.2. The fourth-order valence-electron chi connectivity index (χ4n) is 1.46. The first-order valence-corrected chi connectivity index (χ1v) is 6.26. The highest BCUT2D eigenvalue weighted by Crippen LogP contribution is 2.09. The normalized spacial score (nSPS) is 9.52. The lowest BCUT2D eigenvalue weighted by Crippen LogP contribution is -1.99. The smallest absolute Gasteiger partial charge is 0.160 e. The van der Waals surface area contributed by atoms with Crippen molar-refractivity contribution in [2.45, 2.75) is 27.9 Å². The van der Waals surface area contributed by atoms with E-state index in [0.29, 0.717) is 13.2 Å². The van der Waals surface area contributed by atoms with E-state index in [2.05, 4.69) is 4.74 Å². The summed E-state index contributed by atoms with van der Waals surface area (Å²) in [5, 5.41) is 0. The molecule has 118 valence electrons. The molecule has 0 bridgehead atoms. The van der Waals surface area contributed by atoms with Crippen LogP contribution in [0.1, 0.15) is 37.2 Å². The van der Waals surface area contributed by atoms with Gasteiger partial charge in [-0.2, -0.15) is 0 Å². The number of Topliss-reactive ketones (excluding diaryl/α,β-unsaturated/α-hetero) is 1. The molecule has 0 saturated carbocycles. The summed E-state index contributed by atoms with van der Waals surface area (Å²) in [6, 6.07) is 7.48. The topological polar surface area (TPSA) is 52.6 Å². The Labute approximate surface area is 127 Å². The molecule has 4 heteroatoms. The molecule has 0 atom stereocenters. The molecule has 0 spiro atoms. The van der Waals surface area contributed by atoms with E-state index in [4.69, 9.17) is 4.74 Å². The van der Waals surface area contributed by atoms with E-state index in [1.807, 2.05) is 24.3 Å². The van der Waals surface area contributed by atoms with Crippen LogP contribution in [0.3, 0.4) is 0 Å². The third-order valence-corrected chi connectivity index (χ3v) is 2.31. The van der Waals surface area contributed by atoms with E-state index in [1.165, 1.54) is 13.0 Å². The van der Waals surface area contributed by atoms with Crippen molar-refractivity contribution in [1.29, 1.82) is 0 Å². The lowest BCUT2D eigenvalue weighted by atomic mass is 10.1. The quantitative estimate of drug-likeness (QED) is 0.595. The lowest BCUT2D eigenvalue weighted by molar-refractivity contribution is -0.112. The van der Waals surface area contributed by atoms with Crippen molar-refractivity contribution >= 4 is 11.6 Å². The Morgan fingerprint density at radius 1 is 1.10 bits per heavy atom. The highest BCUT2D eigenvalue weighted by atomic mass is 16.5. The largest absolute Gasteiger partial charge is 0.381 e. The van der Waals surface area contributed by atoms with Crippen molar-refractivity contribution in [2.24, 2.45) is 0 Å². The van der Waals surface area contributed by atoms with Crippen LogP contribution in [0.15, 0.2) is 36.4 Å². The number of rotatable bonds is 6. The second-order valence-electron chi connectivity index (χ2n) is 4.11. The van der Waals surface area contributed by atoms with Crippen molar-refractivity contribution < 1.29 is 19.1 Å². The summed E-state index contributed by atoms with van der Waals surface area (Å²) in [5.74, 6) is 0.143. The van der Waals surface area contributed by atoms with Crippen LogP contribution < -0.4 is 0 Å². The molecular weight excluding hydrogens is 268 g/mol. The molecule has 0 amide bonds. The molecule has 0 aromatic heterocycles. The van der Waals surface area contributed by atoms with E-state index < -0.39 is 0 Å². The number of carbonyl (C=O) groups is 2. The minimum atomic E-state index is 0. The second-order valence-corrected chi connectivity index (χ2v) is 4.11. The number of ether oxygens (including phenoxy) is 2. The molecule has 0 heterocycles. The maximum absolute atomic E-state index is 11.1. The molecule has 0 radical (unpaired) electrons. The lowest BCUT2D eigenvalue weighted by Gasteiger charge is -2.04. The van der Waals surface area contributed by atoms with Gasteiger partial charge >= 0.3 is 0 Å². The summed E-state index contributed by atoms with van der Waals surface area (Å²) in [7, 11) is 3.21. The average molecular weight is 294 g/mol.